The lowest BCUT2D eigenvalue weighted by Gasteiger charge is -2.16. The molecule has 38 heavy (non-hydrogen) atoms. The van der Waals surface area contributed by atoms with Crippen molar-refractivity contribution in [3.8, 4) is 28.1 Å². The summed E-state index contributed by atoms with van der Waals surface area (Å²) >= 11 is 0. The second-order valence-electron chi connectivity index (χ2n) is 9.17. The predicted molar refractivity (Wildman–Crippen MR) is 143 cm³/mol. The normalized spacial score (nSPS) is 11.7. The van der Waals surface area contributed by atoms with Crippen LogP contribution in [0.3, 0.4) is 0 Å². The number of nitrogens with two attached hydrogens (primary N) is 1. The van der Waals surface area contributed by atoms with Gasteiger partial charge in [0.2, 0.25) is 0 Å². The van der Waals surface area contributed by atoms with Gasteiger partial charge >= 0.3 is 5.97 Å². The number of para-hydroxylation sites is 1. The maximum Gasteiger partial charge on any atom is 0.337 e. The molecule has 2 aromatic heterocycles. The number of aromatic nitrogens is 3. The minimum Gasteiger partial charge on any atom is -0.465 e. The standard InChI is InChI=1S/C30H22N4O4/c1-16-19(7-5-9-25(16)34-15-33-24-8-4-3-6-21(24)29(34)36)27-26-20-11-10-17(30(37)38-2)12-18(20)13-22(26)23(14-32-27)28(31)35/h3-12,14-15H,13H2,1-2H3,(H2,31,35). The van der Waals surface area contributed by atoms with E-state index in [0.717, 1.165) is 33.4 Å². The number of amides is 1. The highest BCUT2D eigenvalue weighted by Gasteiger charge is 2.29. The molecule has 0 fully saturated rings. The summed E-state index contributed by atoms with van der Waals surface area (Å²) in [7, 11) is 1.34. The molecule has 8 nitrogen and oxygen atoms in total. The van der Waals surface area contributed by atoms with E-state index in [1.54, 1.807) is 24.3 Å². The molecular weight excluding hydrogens is 480 g/mol. The average molecular weight is 503 g/mol. The molecule has 2 N–H and O–H groups in total. The summed E-state index contributed by atoms with van der Waals surface area (Å²) in [4.78, 5) is 46.9. The number of benzene rings is 3. The first-order chi connectivity index (χ1) is 18.4. The van der Waals surface area contributed by atoms with E-state index < -0.39 is 11.9 Å². The van der Waals surface area contributed by atoms with E-state index in [2.05, 4.69) is 9.97 Å². The van der Waals surface area contributed by atoms with Gasteiger partial charge in [-0.05, 0) is 65.9 Å². The number of primary amides is 1. The molecule has 1 amide bonds. The minimum atomic E-state index is -0.569. The fourth-order valence-corrected chi connectivity index (χ4v) is 5.24. The lowest BCUT2D eigenvalue weighted by atomic mass is 9.93. The third-order valence-electron chi connectivity index (χ3n) is 7.10. The number of pyridine rings is 1. The molecule has 1 aliphatic rings. The maximum absolute atomic E-state index is 13.3. The number of methoxy groups -OCH3 is 1. The van der Waals surface area contributed by atoms with Crippen molar-refractivity contribution >= 4 is 22.8 Å². The Labute approximate surface area is 217 Å². The molecule has 3 aromatic carbocycles. The van der Waals surface area contributed by atoms with E-state index in [-0.39, 0.29) is 5.56 Å². The van der Waals surface area contributed by atoms with E-state index in [4.69, 9.17) is 10.5 Å². The van der Waals surface area contributed by atoms with Crippen LogP contribution in [0.4, 0.5) is 0 Å². The Morgan fingerprint density at radius 1 is 1.00 bits per heavy atom. The highest BCUT2D eigenvalue weighted by Crippen LogP contribution is 2.44. The van der Waals surface area contributed by atoms with Gasteiger partial charge in [0, 0.05) is 17.3 Å². The highest BCUT2D eigenvalue weighted by atomic mass is 16.5. The zero-order valence-corrected chi connectivity index (χ0v) is 20.7. The van der Waals surface area contributed by atoms with Crippen molar-refractivity contribution in [3.63, 3.8) is 0 Å². The van der Waals surface area contributed by atoms with Crippen molar-refractivity contribution in [1.29, 1.82) is 0 Å². The lowest BCUT2D eigenvalue weighted by Crippen LogP contribution is -2.19. The Bertz CT molecular complexity index is 1870. The number of esters is 1. The molecule has 0 saturated carbocycles. The van der Waals surface area contributed by atoms with E-state index in [0.29, 0.717) is 39.8 Å². The van der Waals surface area contributed by atoms with Crippen molar-refractivity contribution in [2.45, 2.75) is 13.3 Å². The minimum absolute atomic E-state index is 0.168. The van der Waals surface area contributed by atoms with Gasteiger partial charge in [-0.25, -0.2) is 9.78 Å². The van der Waals surface area contributed by atoms with Gasteiger partial charge in [0.1, 0.15) is 6.33 Å². The predicted octanol–water partition coefficient (Wildman–Crippen LogP) is 4.21. The van der Waals surface area contributed by atoms with Crippen LogP contribution in [-0.2, 0) is 11.2 Å². The quantitative estimate of drug-likeness (QED) is 0.361. The Morgan fingerprint density at radius 3 is 2.61 bits per heavy atom. The molecule has 0 spiro atoms. The van der Waals surface area contributed by atoms with Crippen molar-refractivity contribution in [2.75, 3.05) is 7.11 Å². The fraction of sp³-hybridized carbons (Fsp3) is 0.100. The van der Waals surface area contributed by atoms with E-state index in [1.807, 2.05) is 43.3 Å². The average Bonchev–Trinajstić information content (AvgIpc) is 3.32. The van der Waals surface area contributed by atoms with Gasteiger partial charge in [0.15, 0.2) is 0 Å². The van der Waals surface area contributed by atoms with Crippen LogP contribution in [0, 0.1) is 6.92 Å². The van der Waals surface area contributed by atoms with Crippen LogP contribution < -0.4 is 11.3 Å². The van der Waals surface area contributed by atoms with Crippen LogP contribution in [-0.4, -0.2) is 33.5 Å². The monoisotopic (exact) mass is 502 g/mol. The number of carbonyl (C=O) groups is 2. The number of hydrogen-bond acceptors (Lipinski definition) is 6. The molecule has 2 heterocycles. The Hall–Kier alpha value is -5.11. The van der Waals surface area contributed by atoms with Gasteiger partial charge in [0.25, 0.3) is 11.5 Å². The molecule has 0 unspecified atom stereocenters. The molecule has 0 aliphatic heterocycles. The molecule has 0 atom stereocenters. The summed E-state index contributed by atoms with van der Waals surface area (Å²) in [6, 6.07) is 18.2. The van der Waals surface area contributed by atoms with Gasteiger partial charge in [0.05, 0.1) is 40.5 Å². The molecular formula is C30H22N4O4. The van der Waals surface area contributed by atoms with Gasteiger partial charge in [-0.15, -0.1) is 0 Å². The molecule has 8 heteroatoms. The van der Waals surface area contributed by atoms with Crippen LogP contribution in [0.5, 0.6) is 0 Å². The summed E-state index contributed by atoms with van der Waals surface area (Å²) in [5.74, 6) is -1.00. The number of nitrogens with zero attached hydrogens (tertiary/aromatic N) is 3. The van der Waals surface area contributed by atoms with Crippen molar-refractivity contribution in [1.82, 2.24) is 14.5 Å². The number of fused-ring (bicyclic) bond motifs is 4. The van der Waals surface area contributed by atoms with E-state index in [1.165, 1.54) is 24.2 Å². The van der Waals surface area contributed by atoms with Crippen LogP contribution in [0.1, 0.15) is 37.4 Å². The molecule has 0 bridgehead atoms. The van der Waals surface area contributed by atoms with Gasteiger partial charge in [-0.2, -0.15) is 0 Å². The lowest BCUT2D eigenvalue weighted by molar-refractivity contribution is 0.0600. The molecule has 5 aromatic rings. The highest BCUT2D eigenvalue weighted by molar-refractivity contribution is 6.01. The number of rotatable bonds is 4. The van der Waals surface area contributed by atoms with Crippen LogP contribution in [0.15, 0.2) is 78.0 Å². The van der Waals surface area contributed by atoms with Gasteiger partial charge in [-0.3, -0.25) is 19.1 Å². The van der Waals surface area contributed by atoms with Crippen molar-refractivity contribution < 1.29 is 14.3 Å². The van der Waals surface area contributed by atoms with Crippen molar-refractivity contribution in [2.24, 2.45) is 5.73 Å². The smallest absolute Gasteiger partial charge is 0.337 e. The summed E-state index contributed by atoms with van der Waals surface area (Å²) in [6.07, 6.45) is 3.46. The Balaban J connectivity index is 1.57. The Morgan fingerprint density at radius 2 is 1.82 bits per heavy atom. The second-order valence-corrected chi connectivity index (χ2v) is 9.17. The summed E-state index contributed by atoms with van der Waals surface area (Å²) < 4.78 is 6.41. The third-order valence-corrected chi connectivity index (χ3v) is 7.10. The summed E-state index contributed by atoms with van der Waals surface area (Å²) in [6.45, 7) is 1.93. The first-order valence-electron chi connectivity index (χ1n) is 12.0. The van der Waals surface area contributed by atoms with E-state index >= 15 is 0 Å². The first-order valence-corrected chi connectivity index (χ1v) is 12.0. The topological polar surface area (TPSA) is 117 Å². The zero-order valence-electron chi connectivity index (χ0n) is 20.7. The molecule has 6 rings (SSSR count). The summed E-state index contributed by atoms with van der Waals surface area (Å²) in [5.41, 5.74) is 13.2. The number of hydrogen-bond donors (Lipinski definition) is 1. The molecule has 0 radical (unpaired) electrons. The van der Waals surface area contributed by atoms with Crippen molar-refractivity contribution in [3.05, 3.63) is 111 Å². The molecule has 186 valence electrons. The largest absolute Gasteiger partial charge is 0.465 e. The first kappa shape index (κ1) is 23.3. The molecule has 0 saturated heterocycles. The Kier molecular flexibility index (Phi) is 5.38. The molecule has 1 aliphatic carbocycles. The SMILES string of the molecule is COC(=O)c1ccc2c(c1)Cc1c(C(N)=O)cnc(-c3cccc(-n4cnc5ccccc5c4=O)c3C)c1-2. The maximum atomic E-state index is 13.3. The number of ether oxygens (including phenoxy) is 1. The van der Waals surface area contributed by atoms with Crippen LogP contribution in [0.25, 0.3) is 39.0 Å². The third kappa shape index (κ3) is 3.49. The van der Waals surface area contributed by atoms with Crippen LogP contribution >= 0.6 is 0 Å². The zero-order chi connectivity index (χ0) is 26.6. The second kappa shape index (κ2) is 8.77. The van der Waals surface area contributed by atoms with Crippen LogP contribution in [0.2, 0.25) is 0 Å². The van der Waals surface area contributed by atoms with Gasteiger partial charge < -0.3 is 10.5 Å². The summed E-state index contributed by atoms with van der Waals surface area (Å²) in [5, 5.41) is 0.528. The van der Waals surface area contributed by atoms with Gasteiger partial charge in [-0.1, -0.05) is 30.3 Å². The van der Waals surface area contributed by atoms with E-state index in [9.17, 15) is 14.4 Å². The fourth-order valence-electron chi connectivity index (χ4n) is 5.24. The number of carbonyl (C=O) groups excluding carboxylic acids is 2.